The highest BCUT2D eigenvalue weighted by atomic mass is 32.2. The van der Waals surface area contributed by atoms with Crippen molar-refractivity contribution in [3.63, 3.8) is 0 Å². The van der Waals surface area contributed by atoms with Gasteiger partial charge in [0.2, 0.25) is 10.0 Å². The second kappa shape index (κ2) is 11.3. The largest absolute Gasteiger partial charge is 0.486 e. The Hall–Kier alpha value is -4.15. The minimum atomic E-state index is -3.95. The van der Waals surface area contributed by atoms with Crippen LogP contribution in [0.5, 0.6) is 11.5 Å². The molecule has 1 aliphatic rings. The van der Waals surface area contributed by atoms with Gasteiger partial charge in [-0.15, -0.1) is 6.42 Å². The van der Waals surface area contributed by atoms with Gasteiger partial charge in [0.25, 0.3) is 5.91 Å². The third kappa shape index (κ3) is 5.50. The maximum absolute atomic E-state index is 13.0. The first kappa shape index (κ1) is 25.9. The van der Waals surface area contributed by atoms with Gasteiger partial charge in [0.15, 0.2) is 16.3 Å². The Morgan fingerprint density at radius 2 is 1.70 bits per heavy atom. The molecule has 1 amide bonds. The van der Waals surface area contributed by atoms with Gasteiger partial charge < -0.3 is 14.0 Å². The third-order valence-corrected chi connectivity index (χ3v) is 8.43. The van der Waals surface area contributed by atoms with Gasteiger partial charge in [-0.25, -0.2) is 8.42 Å². The van der Waals surface area contributed by atoms with Crippen LogP contribution in [0.1, 0.15) is 23.2 Å². The molecule has 2 aromatic carbocycles. The first-order chi connectivity index (χ1) is 17.9. The Morgan fingerprint density at radius 1 is 1.08 bits per heavy atom. The van der Waals surface area contributed by atoms with Gasteiger partial charge in [-0.2, -0.15) is 19.8 Å². The van der Waals surface area contributed by atoms with E-state index in [2.05, 4.69) is 10.9 Å². The van der Waals surface area contributed by atoms with Crippen molar-refractivity contribution in [2.24, 2.45) is 4.99 Å². The molecule has 4 rings (SSSR count). The molecule has 2 heterocycles. The normalized spacial score (nSPS) is 13.2. The van der Waals surface area contributed by atoms with Crippen LogP contribution in [0.3, 0.4) is 0 Å². The molecule has 0 N–H and O–H groups in total. The molecule has 0 saturated heterocycles. The Kier molecular flexibility index (Phi) is 7.90. The molecule has 1 aromatic heterocycles. The summed E-state index contributed by atoms with van der Waals surface area (Å²) in [6.07, 6.45) is 5.55. The van der Waals surface area contributed by atoms with Crippen molar-refractivity contribution in [3.8, 4) is 36.0 Å². The fourth-order valence-corrected chi connectivity index (χ4v) is 6.19. The van der Waals surface area contributed by atoms with Crippen molar-refractivity contribution in [2.45, 2.75) is 24.3 Å². The van der Waals surface area contributed by atoms with Gasteiger partial charge in [0, 0.05) is 43.6 Å². The Balaban J connectivity index is 1.65. The number of terminal acetylenes is 1. The summed E-state index contributed by atoms with van der Waals surface area (Å²) >= 11 is 1.28. The molecule has 37 heavy (non-hydrogen) atoms. The predicted molar refractivity (Wildman–Crippen MR) is 135 cm³/mol. The summed E-state index contributed by atoms with van der Waals surface area (Å²) < 4.78 is 40.9. The van der Waals surface area contributed by atoms with Crippen molar-refractivity contribution in [1.29, 1.82) is 10.5 Å². The molecule has 1 aliphatic heterocycles. The maximum atomic E-state index is 13.0. The molecule has 0 spiro atoms. The van der Waals surface area contributed by atoms with Crippen LogP contribution in [0.4, 0.5) is 0 Å². The lowest BCUT2D eigenvalue weighted by molar-refractivity contribution is 0.0997. The zero-order valence-corrected chi connectivity index (χ0v) is 21.2. The lowest BCUT2D eigenvalue weighted by Gasteiger charge is -2.20. The third-order valence-electron chi connectivity index (χ3n) is 5.48. The molecular weight excluding hydrogens is 514 g/mol. The molecule has 10 nitrogen and oxygen atoms in total. The van der Waals surface area contributed by atoms with Crippen molar-refractivity contribution < 1.29 is 22.7 Å². The minimum Gasteiger partial charge on any atom is -0.486 e. The van der Waals surface area contributed by atoms with Gasteiger partial charge in [-0.05, 0) is 24.3 Å². The molecule has 188 valence electrons. The van der Waals surface area contributed by atoms with Crippen LogP contribution in [-0.2, 0) is 16.6 Å². The first-order valence-electron chi connectivity index (χ1n) is 11.2. The van der Waals surface area contributed by atoms with E-state index in [-0.39, 0.29) is 42.9 Å². The number of benzene rings is 2. The number of carbonyl (C=O) groups is 1. The fraction of sp³-hybridized carbons (Fsp3) is 0.280. The maximum Gasteiger partial charge on any atom is 0.279 e. The van der Waals surface area contributed by atoms with Crippen molar-refractivity contribution in [3.05, 3.63) is 46.8 Å². The molecular formula is C25H21N5O5S2. The molecule has 0 atom stereocenters. The van der Waals surface area contributed by atoms with E-state index in [9.17, 15) is 13.2 Å². The summed E-state index contributed by atoms with van der Waals surface area (Å²) in [5, 5.41) is 17.7. The molecule has 12 heteroatoms. The summed E-state index contributed by atoms with van der Waals surface area (Å²) in [6.45, 7) is 1.01. The smallest absolute Gasteiger partial charge is 0.279 e. The number of nitrogens with zero attached hydrogens (tertiary/aromatic N) is 5. The zero-order chi connectivity index (χ0) is 26.4. The SMILES string of the molecule is C#CCn1c(=NC(=O)c2ccc(S(=O)(=O)N(CCC#N)CCC#N)cc2)sc2cc3c(cc21)OCCO3. The highest BCUT2D eigenvalue weighted by Crippen LogP contribution is 2.35. The molecule has 0 aliphatic carbocycles. The molecule has 0 fully saturated rings. The zero-order valence-electron chi connectivity index (χ0n) is 19.6. The monoisotopic (exact) mass is 535 g/mol. The Labute approximate surface area is 217 Å². The molecule has 0 saturated carbocycles. The van der Waals surface area contributed by atoms with E-state index >= 15 is 0 Å². The van der Waals surface area contributed by atoms with E-state index in [4.69, 9.17) is 26.4 Å². The van der Waals surface area contributed by atoms with E-state index in [0.717, 1.165) is 14.5 Å². The summed E-state index contributed by atoms with van der Waals surface area (Å²) in [4.78, 5) is 17.6. The summed E-state index contributed by atoms with van der Waals surface area (Å²) in [6, 6.07) is 12.8. The standard InChI is InChI=1S/C25H21N5O5S2/c1-2-11-30-20-16-21-22(35-15-14-34-21)17-23(20)36-25(30)28-24(31)18-5-7-19(8-6-18)37(32,33)29(12-3-9-26)13-4-10-27/h1,5-8,16-17H,3-4,11-15H2. The van der Waals surface area contributed by atoms with Crippen LogP contribution in [0.2, 0.25) is 0 Å². The average molecular weight is 536 g/mol. The van der Waals surface area contributed by atoms with Crippen LogP contribution < -0.4 is 14.3 Å². The van der Waals surface area contributed by atoms with E-state index < -0.39 is 15.9 Å². The van der Waals surface area contributed by atoms with Gasteiger partial charge >= 0.3 is 0 Å². The second-order valence-corrected chi connectivity index (χ2v) is 10.7. The number of sulfonamides is 1. The van der Waals surface area contributed by atoms with Gasteiger partial charge in [0.05, 0.1) is 33.8 Å². The van der Waals surface area contributed by atoms with Gasteiger partial charge in [-0.1, -0.05) is 17.3 Å². The highest BCUT2D eigenvalue weighted by Gasteiger charge is 2.24. The number of aromatic nitrogens is 1. The number of ether oxygens (including phenoxy) is 2. The van der Waals surface area contributed by atoms with E-state index in [0.29, 0.717) is 29.5 Å². The molecule has 3 aromatic rings. The number of hydrogen-bond acceptors (Lipinski definition) is 8. The van der Waals surface area contributed by atoms with Crippen LogP contribution in [-0.4, -0.2) is 49.5 Å². The van der Waals surface area contributed by atoms with Gasteiger partial charge in [-0.3, -0.25) is 4.79 Å². The summed E-state index contributed by atoms with van der Waals surface area (Å²) in [5.74, 6) is 3.21. The molecule has 0 unspecified atom stereocenters. The summed E-state index contributed by atoms with van der Waals surface area (Å²) in [7, 11) is -3.95. The first-order valence-corrected chi connectivity index (χ1v) is 13.4. The van der Waals surface area contributed by atoms with Gasteiger partial charge in [0.1, 0.15) is 13.2 Å². The topological polar surface area (TPSA) is 138 Å². The number of rotatable bonds is 8. The Morgan fingerprint density at radius 3 is 2.30 bits per heavy atom. The van der Waals surface area contributed by atoms with Crippen LogP contribution >= 0.6 is 11.3 Å². The number of nitriles is 2. The van der Waals surface area contributed by atoms with Crippen LogP contribution in [0.25, 0.3) is 10.2 Å². The number of thiazole rings is 1. The van der Waals surface area contributed by atoms with Crippen molar-refractivity contribution >= 4 is 37.5 Å². The van der Waals surface area contributed by atoms with E-state index in [1.54, 1.807) is 4.57 Å². The second-order valence-electron chi connectivity index (χ2n) is 7.80. The van der Waals surface area contributed by atoms with Crippen molar-refractivity contribution in [1.82, 2.24) is 8.87 Å². The number of fused-ring (bicyclic) bond motifs is 2. The predicted octanol–water partition coefficient (Wildman–Crippen LogP) is 2.67. The van der Waals surface area contributed by atoms with Crippen LogP contribution in [0, 0.1) is 35.0 Å². The molecule has 0 radical (unpaired) electrons. The van der Waals surface area contributed by atoms with E-state index in [1.807, 2.05) is 24.3 Å². The highest BCUT2D eigenvalue weighted by molar-refractivity contribution is 7.89. The Bertz CT molecular complexity index is 1620. The fourth-order valence-electron chi connectivity index (χ4n) is 3.71. The van der Waals surface area contributed by atoms with Crippen molar-refractivity contribution in [2.75, 3.05) is 26.3 Å². The number of carbonyl (C=O) groups excluding carboxylic acids is 1. The minimum absolute atomic E-state index is 0.00578. The lowest BCUT2D eigenvalue weighted by atomic mass is 10.2. The lowest BCUT2D eigenvalue weighted by Crippen LogP contribution is -2.32. The van der Waals surface area contributed by atoms with E-state index in [1.165, 1.54) is 35.6 Å². The number of amides is 1. The van der Waals surface area contributed by atoms with Crippen LogP contribution in [0.15, 0.2) is 46.3 Å². The molecule has 0 bridgehead atoms. The average Bonchev–Trinajstić information content (AvgIpc) is 3.23. The number of hydrogen-bond donors (Lipinski definition) is 0. The summed E-state index contributed by atoms with van der Waals surface area (Å²) in [5.41, 5.74) is 0.949. The quantitative estimate of drug-likeness (QED) is 0.404.